The Bertz CT molecular complexity index is 665. The maximum atomic E-state index is 12.7. The Morgan fingerprint density at radius 2 is 2.32 bits per heavy atom. The average Bonchev–Trinajstić information content (AvgIpc) is 3.15. The molecule has 116 valence electrons. The maximum absolute atomic E-state index is 12.7. The first-order valence-corrected chi connectivity index (χ1v) is 7.58. The third kappa shape index (κ3) is 2.98. The zero-order valence-electron chi connectivity index (χ0n) is 13.0. The first kappa shape index (κ1) is 14.6. The van der Waals surface area contributed by atoms with Crippen LogP contribution in [0.25, 0.3) is 0 Å². The van der Waals surface area contributed by atoms with Crippen molar-refractivity contribution in [2.45, 2.75) is 25.3 Å². The number of nitrogens with zero attached hydrogens (tertiary/aromatic N) is 3. The van der Waals surface area contributed by atoms with Gasteiger partial charge in [0.05, 0.1) is 25.8 Å². The van der Waals surface area contributed by atoms with Crippen LogP contribution in [-0.4, -0.2) is 34.2 Å². The molecule has 1 aromatic carbocycles. The fourth-order valence-electron chi connectivity index (χ4n) is 3.08. The maximum Gasteiger partial charge on any atom is 0.227 e. The number of likely N-dealkylation sites (tertiary alicyclic amines) is 1. The van der Waals surface area contributed by atoms with Crippen molar-refractivity contribution in [1.82, 2.24) is 14.7 Å². The van der Waals surface area contributed by atoms with E-state index in [1.54, 1.807) is 11.8 Å². The van der Waals surface area contributed by atoms with Crippen LogP contribution in [0.1, 0.15) is 30.0 Å². The molecule has 1 amide bonds. The Morgan fingerprint density at radius 1 is 1.45 bits per heavy atom. The van der Waals surface area contributed by atoms with Crippen molar-refractivity contribution >= 4 is 5.91 Å². The molecule has 5 nitrogen and oxygen atoms in total. The molecule has 5 heteroatoms. The highest BCUT2D eigenvalue weighted by molar-refractivity contribution is 5.79. The lowest BCUT2D eigenvalue weighted by Gasteiger charge is -2.24. The second-order valence-electron chi connectivity index (χ2n) is 5.72. The second kappa shape index (κ2) is 6.22. The molecule has 2 aromatic rings. The summed E-state index contributed by atoms with van der Waals surface area (Å²) in [6.07, 6.45) is 6.33. The predicted molar refractivity (Wildman–Crippen MR) is 83.6 cm³/mol. The zero-order valence-corrected chi connectivity index (χ0v) is 13.0. The molecule has 1 unspecified atom stereocenters. The van der Waals surface area contributed by atoms with Gasteiger partial charge >= 0.3 is 0 Å². The Labute approximate surface area is 130 Å². The van der Waals surface area contributed by atoms with Crippen LogP contribution >= 0.6 is 0 Å². The molecule has 2 heterocycles. The lowest BCUT2D eigenvalue weighted by atomic mass is 10.1. The molecule has 3 rings (SSSR count). The number of benzene rings is 1. The summed E-state index contributed by atoms with van der Waals surface area (Å²) >= 11 is 0. The van der Waals surface area contributed by atoms with E-state index >= 15 is 0 Å². The third-order valence-corrected chi connectivity index (χ3v) is 4.17. The Hall–Kier alpha value is -2.30. The number of methoxy groups -OCH3 is 1. The van der Waals surface area contributed by atoms with Gasteiger partial charge in [0.25, 0.3) is 0 Å². The number of aromatic nitrogens is 2. The van der Waals surface area contributed by atoms with Gasteiger partial charge in [0.2, 0.25) is 5.91 Å². The van der Waals surface area contributed by atoms with E-state index in [2.05, 4.69) is 5.10 Å². The van der Waals surface area contributed by atoms with Crippen molar-refractivity contribution in [3.05, 3.63) is 47.8 Å². The molecule has 1 fully saturated rings. The fourth-order valence-corrected chi connectivity index (χ4v) is 3.08. The fraction of sp³-hybridized carbons (Fsp3) is 0.412. The van der Waals surface area contributed by atoms with E-state index in [0.29, 0.717) is 6.42 Å². The molecule has 1 aliphatic heterocycles. The second-order valence-corrected chi connectivity index (χ2v) is 5.72. The summed E-state index contributed by atoms with van der Waals surface area (Å²) in [6, 6.07) is 7.86. The molecule has 0 bridgehead atoms. The first-order chi connectivity index (χ1) is 10.7. The highest BCUT2D eigenvalue weighted by Gasteiger charge is 2.30. The number of aryl methyl sites for hydroxylation is 1. The van der Waals surface area contributed by atoms with Gasteiger partial charge in [0.1, 0.15) is 5.75 Å². The van der Waals surface area contributed by atoms with E-state index < -0.39 is 0 Å². The smallest absolute Gasteiger partial charge is 0.227 e. The molecule has 0 radical (unpaired) electrons. The number of hydrogen-bond donors (Lipinski definition) is 0. The van der Waals surface area contributed by atoms with Gasteiger partial charge in [-0.15, -0.1) is 0 Å². The van der Waals surface area contributed by atoms with Crippen LogP contribution < -0.4 is 4.74 Å². The molecule has 0 spiro atoms. The van der Waals surface area contributed by atoms with E-state index in [9.17, 15) is 4.79 Å². The summed E-state index contributed by atoms with van der Waals surface area (Å²) in [6.45, 7) is 0.822. The lowest BCUT2D eigenvalue weighted by Crippen LogP contribution is -2.31. The minimum absolute atomic E-state index is 0.159. The van der Waals surface area contributed by atoms with Gasteiger partial charge in [0, 0.05) is 25.4 Å². The van der Waals surface area contributed by atoms with Crippen LogP contribution in [0.15, 0.2) is 36.7 Å². The summed E-state index contributed by atoms with van der Waals surface area (Å²) in [4.78, 5) is 14.6. The summed E-state index contributed by atoms with van der Waals surface area (Å²) < 4.78 is 7.01. The molecular weight excluding hydrogens is 278 g/mol. The number of carbonyl (C=O) groups excluding carboxylic acids is 1. The first-order valence-electron chi connectivity index (χ1n) is 7.58. The summed E-state index contributed by atoms with van der Waals surface area (Å²) in [5.74, 6) is 0.954. The average molecular weight is 299 g/mol. The van der Waals surface area contributed by atoms with Gasteiger partial charge in [-0.1, -0.05) is 12.1 Å². The SMILES string of the molecule is COc1cccc(CC(=O)N2CCCC2c2cnn(C)c2)c1. The minimum Gasteiger partial charge on any atom is -0.497 e. The Kier molecular flexibility index (Phi) is 4.13. The molecule has 1 aliphatic rings. The number of carbonyl (C=O) groups is 1. The van der Waals surface area contributed by atoms with Crippen molar-refractivity contribution in [2.24, 2.45) is 7.05 Å². The van der Waals surface area contributed by atoms with Crippen molar-refractivity contribution in [3.63, 3.8) is 0 Å². The third-order valence-electron chi connectivity index (χ3n) is 4.17. The van der Waals surface area contributed by atoms with E-state index in [1.807, 2.05) is 48.6 Å². The van der Waals surface area contributed by atoms with E-state index in [-0.39, 0.29) is 11.9 Å². The molecule has 0 N–H and O–H groups in total. The van der Waals surface area contributed by atoms with Gasteiger partial charge in [-0.3, -0.25) is 9.48 Å². The standard InChI is InChI=1S/C17H21N3O2/c1-19-12-14(11-18-19)16-7-4-8-20(16)17(21)10-13-5-3-6-15(9-13)22-2/h3,5-6,9,11-12,16H,4,7-8,10H2,1-2H3. The van der Waals surface area contributed by atoms with Crippen LogP contribution in [0.5, 0.6) is 5.75 Å². The molecule has 1 atom stereocenters. The van der Waals surface area contributed by atoms with Crippen LogP contribution in [-0.2, 0) is 18.3 Å². The number of hydrogen-bond acceptors (Lipinski definition) is 3. The van der Waals surface area contributed by atoms with Gasteiger partial charge in [-0.05, 0) is 30.5 Å². The van der Waals surface area contributed by atoms with Crippen molar-refractivity contribution in [1.29, 1.82) is 0 Å². The quantitative estimate of drug-likeness (QED) is 0.870. The zero-order chi connectivity index (χ0) is 15.5. The largest absolute Gasteiger partial charge is 0.497 e. The van der Waals surface area contributed by atoms with Crippen LogP contribution in [0, 0.1) is 0 Å². The highest BCUT2D eigenvalue weighted by Crippen LogP contribution is 2.32. The lowest BCUT2D eigenvalue weighted by molar-refractivity contribution is -0.131. The Morgan fingerprint density at radius 3 is 3.05 bits per heavy atom. The van der Waals surface area contributed by atoms with Gasteiger partial charge in [-0.25, -0.2) is 0 Å². The summed E-state index contributed by atoms with van der Waals surface area (Å²) in [5.41, 5.74) is 2.11. The molecule has 1 aromatic heterocycles. The van der Waals surface area contributed by atoms with Gasteiger partial charge < -0.3 is 9.64 Å². The van der Waals surface area contributed by atoms with Gasteiger partial charge in [0.15, 0.2) is 0 Å². The molecule has 22 heavy (non-hydrogen) atoms. The van der Waals surface area contributed by atoms with E-state index in [1.165, 1.54) is 0 Å². The molecule has 0 aliphatic carbocycles. The topological polar surface area (TPSA) is 47.4 Å². The summed E-state index contributed by atoms with van der Waals surface area (Å²) in [5, 5.41) is 4.22. The van der Waals surface area contributed by atoms with Gasteiger partial charge in [-0.2, -0.15) is 5.10 Å². The number of rotatable bonds is 4. The minimum atomic E-state index is 0.159. The monoisotopic (exact) mass is 299 g/mol. The van der Waals surface area contributed by atoms with E-state index in [0.717, 1.165) is 36.3 Å². The Balaban J connectivity index is 1.73. The molecule has 1 saturated heterocycles. The van der Waals surface area contributed by atoms with Crippen molar-refractivity contribution in [3.8, 4) is 5.75 Å². The number of ether oxygens (including phenoxy) is 1. The predicted octanol–water partition coefficient (Wildman–Crippen LogP) is 2.33. The van der Waals surface area contributed by atoms with Crippen LogP contribution in [0.4, 0.5) is 0 Å². The normalized spacial score (nSPS) is 17.7. The van der Waals surface area contributed by atoms with Crippen LogP contribution in [0.2, 0.25) is 0 Å². The van der Waals surface area contributed by atoms with E-state index in [4.69, 9.17) is 4.74 Å². The molecule has 0 saturated carbocycles. The molecular formula is C17H21N3O2. The van der Waals surface area contributed by atoms with Crippen LogP contribution in [0.3, 0.4) is 0 Å². The summed E-state index contributed by atoms with van der Waals surface area (Å²) in [7, 11) is 3.54. The van der Waals surface area contributed by atoms with Crippen molar-refractivity contribution in [2.75, 3.05) is 13.7 Å². The van der Waals surface area contributed by atoms with Crippen molar-refractivity contribution < 1.29 is 9.53 Å². The highest BCUT2D eigenvalue weighted by atomic mass is 16.5. The number of amides is 1.